The molecule has 1 fully saturated rings. The van der Waals surface area contributed by atoms with E-state index in [0.29, 0.717) is 29.5 Å². The Morgan fingerprint density at radius 1 is 1.58 bits per heavy atom. The Hall–Kier alpha value is -1.10. The normalized spacial score (nSPS) is 20.3. The molecule has 4 nitrogen and oxygen atoms in total. The Balaban J connectivity index is 2.01. The van der Waals surface area contributed by atoms with E-state index in [1.54, 1.807) is 25.3 Å². The van der Waals surface area contributed by atoms with E-state index in [1.165, 1.54) is 0 Å². The molecule has 0 amide bonds. The molecular weight excluding hydrogens is 266 g/mol. The van der Waals surface area contributed by atoms with E-state index in [9.17, 15) is 4.79 Å². The number of Topliss-reactive ketones (excluding diaryl/α,β-unsaturated/α-hetero) is 1. The van der Waals surface area contributed by atoms with Crippen molar-refractivity contribution < 1.29 is 14.3 Å². The van der Waals surface area contributed by atoms with Crippen molar-refractivity contribution in [1.29, 1.82) is 0 Å². The van der Waals surface area contributed by atoms with Crippen LogP contribution < -0.4 is 4.74 Å². The Labute approximate surface area is 118 Å². The average molecular weight is 284 g/mol. The molecule has 0 N–H and O–H groups in total. The van der Waals surface area contributed by atoms with E-state index in [1.807, 2.05) is 6.92 Å². The number of benzene rings is 1. The number of rotatable bonds is 4. The third kappa shape index (κ3) is 3.69. The second-order valence-electron chi connectivity index (χ2n) is 4.69. The van der Waals surface area contributed by atoms with Crippen LogP contribution in [0.1, 0.15) is 17.3 Å². The van der Waals surface area contributed by atoms with Gasteiger partial charge in [0.25, 0.3) is 0 Å². The third-order valence-corrected chi connectivity index (χ3v) is 3.46. The van der Waals surface area contributed by atoms with Crippen LogP contribution in [-0.4, -0.2) is 50.1 Å². The summed E-state index contributed by atoms with van der Waals surface area (Å²) in [7, 11) is 1.55. The molecule has 1 aliphatic rings. The molecule has 0 saturated carbocycles. The summed E-state index contributed by atoms with van der Waals surface area (Å²) in [6, 6.07) is 5.13. The summed E-state index contributed by atoms with van der Waals surface area (Å²) in [6.07, 6.45) is 0.181. The molecule has 1 aliphatic heterocycles. The first-order chi connectivity index (χ1) is 9.10. The molecule has 0 spiro atoms. The summed E-state index contributed by atoms with van der Waals surface area (Å²) in [4.78, 5) is 14.3. The van der Waals surface area contributed by atoms with Crippen LogP contribution in [0.4, 0.5) is 0 Å². The van der Waals surface area contributed by atoms with Gasteiger partial charge in [0.1, 0.15) is 5.75 Å². The van der Waals surface area contributed by atoms with Gasteiger partial charge in [-0.15, -0.1) is 0 Å². The van der Waals surface area contributed by atoms with Gasteiger partial charge in [-0.25, -0.2) is 0 Å². The third-order valence-electron chi connectivity index (χ3n) is 3.17. The van der Waals surface area contributed by atoms with Crippen molar-refractivity contribution >= 4 is 17.4 Å². The van der Waals surface area contributed by atoms with Gasteiger partial charge in [0.15, 0.2) is 5.78 Å². The summed E-state index contributed by atoms with van der Waals surface area (Å²) in [6.45, 7) is 4.67. The lowest BCUT2D eigenvalue weighted by Gasteiger charge is -2.30. The van der Waals surface area contributed by atoms with Crippen LogP contribution >= 0.6 is 11.6 Å². The number of ketones is 1. The topological polar surface area (TPSA) is 38.8 Å². The van der Waals surface area contributed by atoms with Crippen LogP contribution in [0, 0.1) is 0 Å². The second kappa shape index (κ2) is 6.37. The Bertz CT molecular complexity index is 464. The summed E-state index contributed by atoms with van der Waals surface area (Å²) < 4.78 is 10.5. The van der Waals surface area contributed by atoms with Crippen molar-refractivity contribution in [2.24, 2.45) is 0 Å². The number of nitrogens with zero attached hydrogens (tertiary/aromatic N) is 1. The molecule has 1 aromatic rings. The summed E-state index contributed by atoms with van der Waals surface area (Å²) in [5.74, 6) is 0.650. The van der Waals surface area contributed by atoms with Crippen molar-refractivity contribution in [3.8, 4) is 5.75 Å². The van der Waals surface area contributed by atoms with Crippen molar-refractivity contribution in [3.63, 3.8) is 0 Å². The molecule has 1 unspecified atom stereocenters. The molecule has 1 aromatic carbocycles. The lowest BCUT2D eigenvalue weighted by molar-refractivity contribution is -0.0158. The van der Waals surface area contributed by atoms with Crippen LogP contribution in [0.3, 0.4) is 0 Å². The van der Waals surface area contributed by atoms with Gasteiger partial charge in [-0.05, 0) is 25.1 Å². The summed E-state index contributed by atoms with van der Waals surface area (Å²) >= 11 is 6.03. The number of hydrogen-bond acceptors (Lipinski definition) is 4. The Morgan fingerprint density at radius 3 is 3.00 bits per heavy atom. The van der Waals surface area contributed by atoms with Gasteiger partial charge in [-0.3, -0.25) is 9.69 Å². The predicted molar refractivity (Wildman–Crippen MR) is 74.2 cm³/mol. The fourth-order valence-electron chi connectivity index (χ4n) is 2.17. The molecule has 19 heavy (non-hydrogen) atoms. The molecule has 1 saturated heterocycles. The van der Waals surface area contributed by atoms with E-state index in [-0.39, 0.29) is 11.9 Å². The smallest absolute Gasteiger partial charge is 0.176 e. The van der Waals surface area contributed by atoms with Crippen LogP contribution in [-0.2, 0) is 4.74 Å². The van der Waals surface area contributed by atoms with Crippen LogP contribution in [0.25, 0.3) is 0 Å². The molecule has 5 heteroatoms. The largest absolute Gasteiger partial charge is 0.495 e. The lowest BCUT2D eigenvalue weighted by Crippen LogP contribution is -2.43. The number of carbonyl (C=O) groups excluding carboxylic acids is 1. The highest BCUT2D eigenvalue weighted by atomic mass is 35.5. The quantitative estimate of drug-likeness (QED) is 0.795. The zero-order valence-electron chi connectivity index (χ0n) is 11.2. The second-order valence-corrected chi connectivity index (χ2v) is 5.10. The fourth-order valence-corrected chi connectivity index (χ4v) is 2.43. The van der Waals surface area contributed by atoms with Gasteiger partial charge in [-0.2, -0.15) is 0 Å². The van der Waals surface area contributed by atoms with Crippen LogP contribution in [0.2, 0.25) is 5.02 Å². The summed E-state index contributed by atoms with van der Waals surface area (Å²) in [5.41, 5.74) is 0.616. The molecule has 1 heterocycles. The van der Waals surface area contributed by atoms with E-state index in [0.717, 1.165) is 13.1 Å². The van der Waals surface area contributed by atoms with E-state index < -0.39 is 0 Å². The number of hydrogen-bond donors (Lipinski definition) is 0. The summed E-state index contributed by atoms with van der Waals surface area (Å²) in [5, 5.41) is 0.462. The van der Waals surface area contributed by atoms with Crippen molar-refractivity contribution in [3.05, 3.63) is 28.8 Å². The van der Waals surface area contributed by atoms with Gasteiger partial charge < -0.3 is 9.47 Å². The minimum absolute atomic E-state index is 0.0682. The monoisotopic (exact) mass is 283 g/mol. The minimum atomic E-state index is 0.0682. The van der Waals surface area contributed by atoms with Gasteiger partial charge in [-0.1, -0.05) is 11.6 Å². The van der Waals surface area contributed by atoms with Crippen LogP contribution in [0.15, 0.2) is 18.2 Å². The predicted octanol–water partition coefficient (Wildman–Crippen LogP) is 2.25. The first kappa shape index (κ1) is 14.3. The molecule has 0 radical (unpaired) electrons. The molecule has 0 aliphatic carbocycles. The maximum absolute atomic E-state index is 12.2. The zero-order valence-corrected chi connectivity index (χ0v) is 11.9. The van der Waals surface area contributed by atoms with Gasteiger partial charge in [0, 0.05) is 18.7 Å². The number of ether oxygens (including phenoxy) is 2. The molecule has 0 aromatic heterocycles. The standard InChI is InChI=1S/C14H18ClNO3/c1-10-8-16(5-6-19-10)9-13(17)11-3-4-14(18-2)12(15)7-11/h3-4,7,10H,5-6,8-9H2,1-2H3. The highest BCUT2D eigenvalue weighted by Gasteiger charge is 2.20. The lowest BCUT2D eigenvalue weighted by atomic mass is 10.1. The van der Waals surface area contributed by atoms with Crippen molar-refractivity contribution in [2.45, 2.75) is 13.0 Å². The van der Waals surface area contributed by atoms with E-state index >= 15 is 0 Å². The molecular formula is C14H18ClNO3. The molecule has 104 valence electrons. The van der Waals surface area contributed by atoms with Crippen LogP contribution in [0.5, 0.6) is 5.75 Å². The minimum Gasteiger partial charge on any atom is -0.495 e. The Kier molecular flexibility index (Phi) is 4.80. The number of morpholine rings is 1. The first-order valence-electron chi connectivity index (χ1n) is 6.31. The average Bonchev–Trinajstić information content (AvgIpc) is 2.38. The number of methoxy groups -OCH3 is 1. The molecule has 2 rings (SSSR count). The van der Waals surface area contributed by atoms with Gasteiger partial charge in [0.05, 0.1) is 31.4 Å². The fraction of sp³-hybridized carbons (Fsp3) is 0.500. The maximum atomic E-state index is 12.2. The molecule has 1 atom stereocenters. The van der Waals surface area contributed by atoms with Crippen molar-refractivity contribution in [2.75, 3.05) is 33.4 Å². The first-order valence-corrected chi connectivity index (χ1v) is 6.68. The zero-order chi connectivity index (χ0) is 13.8. The SMILES string of the molecule is COc1ccc(C(=O)CN2CCOC(C)C2)cc1Cl. The number of halogens is 1. The van der Waals surface area contributed by atoms with Gasteiger partial charge >= 0.3 is 0 Å². The molecule has 0 bridgehead atoms. The highest BCUT2D eigenvalue weighted by Crippen LogP contribution is 2.25. The Morgan fingerprint density at radius 2 is 2.37 bits per heavy atom. The highest BCUT2D eigenvalue weighted by molar-refractivity contribution is 6.32. The van der Waals surface area contributed by atoms with Crippen molar-refractivity contribution in [1.82, 2.24) is 4.90 Å². The van der Waals surface area contributed by atoms with E-state index in [2.05, 4.69) is 4.90 Å². The maximum Gasteiger partial charge on any atom is 0.176 e. The van der Waals surface area contributed by atoms with E-state index in [4.69, 9.17) is 21.1 Å². The van der Waals surface area contributed by atoms with Gasteiger partial charge in [0.2, 0.25) is 0 Å². The number of carbonyl (C=O) groups is 1.